The fraction of sp³-hybridized carbons (Fsp3) is 0.400. The number of carbonyl (C=O) groups excluding carboxylic acids is 1. The van der Waals surface area contributed by atoms with Gasteiger partial charge in [-0.05, 0) is 38.5 Å². The summed E-state index contributed by atoms with van der Waals surface area (Å²) in [7, 11) is 0. The Labute approximate surface area is 152 Å². The summed E-state index contributed by atoms with van der Waals surface area (Å²) in [5, 5.41) is 4.06. The Bertz CT molecular complexity index is 875. The molecule has 26 heavy (non-hydrogen) atoms. The van der Waals surface area contributed by atoms with E-state index in [2.05, 4.69) is 5.32 Å². The van der Waals surface area contributed by atoms with E-state index in [9.17, 15) is 9.59 Å². The van der Waals surface area contributed by atoms with E-state index in [0.29, 0.717) is 30.8 Å². The number of hydrogen-bond acceptors (Lipinski definition) is 5. The number of nitrogens with one attached hydrogen (secondary N) is 1. The minimum Gasteiger partial charge on any atom is -0.483 e. The Morgan fingerprint density at radius 3 is 2.69 bits per heavy atom. The van der Waals surface area contributed by atoms with Crippen LogP contribution in [0.5, 0.6) is 5.75 Å². The van der Waals surface area contributed by atoms with E-state index in [1.54, 1.807) is 11.0 Å². The summed E-state index contributed by atoms with van der Waals surface area (Å²) in [6.45, 7) is 6.99. The molecule has 0 spiro atoms. The van der Waals surface area contributed by atoms with Gasteiger partial charge >= 0.3 is 5.63 Å². The number of amides is 1. The normalized spacial score (nSPS) is 14.3. The van der Waals surface area contributed by atoms with Gasteiger partial charge in [0.2, 0.25) is 0 Å². The summed E-state index contributed by atoms with van der Waals surface area (Å²) in [5.74, 6) is 0.544. The van der Waals surface area contributed by atoms with Crippen LogP contribution in [0, 0.1) is 0 Å². The van der Waals surface area contributed by atoms with Crippen LogP contribution in [0.1, 0.15) is 19.4 Å². The van der Waals surface area contributed by atoms with Gasteiger partial charge in [0.05, 0.1) is 0 Å². The summed E-state index contributed by atoms with van der Waals surface area (Å²) < 4.78 is 11.2. The number of hydrogen-bond donors (Lipinski definition) is 1. The summed E-state index contributed by atoms with van der Waals surface area (Å²) >= 11 is 0. The van der Waals surface area contributed by atoms with Crippen molar-refractivity contribution in [2.45, 2.75) is 20.3 Å². The molecule has 1 saturated heterocycles. The molecule has 1 aromatic carbocycles. The van der Waals surface area contributed by atoms with Crippen molar-refractivity contribution in [1.29, 1.82) is 0 Å². The highest BCUT2D eigenvalue weighted by Gasteiger charge is 2.18. The molecular formula is C20H24N2O4. The zero-order chi connectivity index (χ0) is 18.5. The lowest BCUT2D eigenvalue weighted by Crippen LogP contribution is -2.47. The van der Waals surface area contributed by atoms with Crippen LogP contribution in [-0.4, -0.2) is 43.6 Å². The molecule has 6 heteroatoms. The van der Waals surface area contributed by atoms with E-state index in [-0.39, 0.29) is 12.5 Å². The number of benzene rings is 1. The first kappa shape index (κ1) is 18.2. The molecule has 138 valence electrons. The monoisotopic (exact) mass is 356 g/mol. The number of ether oxygens (including phenoxy) is 1. The summed E-state index contributed by atoms with van der Waals surface area (Å²) in [6, 6.07) is 6.82. The molecule has 0 unspecified atom stereocenters. The van der Waals surface area contributed by atoms with Crippen LogP contribution in [0.15, 0.2) is 45.1 Å². The van der Waals surface area contributed by atoms with Crippen molar-refractivity contribution < 1.29 is 13.9 Å². The van der Waals surface area contributed by atoms with Gasteiger partial charge in [0, 0.05) is 43.2 Å². The molecule has 3 rings (SSSR count). The van der Waals surface area contributed by atoms with Crippen LogP contribution < -0.4 is 15.7 Å². The maximum Gasteiger partial charge on any atom is 0.336 e. The Balaban J connectivity index is 1.86. The van der Waals surface area contributed by atoms with Crippen molar-refractivity contribution in [3.8, 4) is 5.75 Å². The molecule has 0 saturated carbocycles. The highest BCUT2D eigenvalue weighted by atomic mass is 16.5. The lowest BCUT2D eigenvalue weighted by atomic mass is 10.1. The van der Waals surface area contributed by atoms with E-state index in [0.717, 1.165) is 29.6 Å². The topological polar surface area (TPSA) is 71.8 Å². The third-order valence-electron chi connectivity index (χ3n) is 4.38. The summed E-state index contributed by atoms with van der Waals surface area (Å²) in [5.41, 5.74) is 2.06. The second-order valence-electron chi connectivity index (χ2n) is 6.62. The average Bonchev–Trinajstić information content (AvgIpc) is 2.65. The number of nitrogens with zero attached hydrogens (tertiary/aromatic N) is 1. The molecule has 1 aliphatic heterocycles. The predicted molar refractivity (Wildman–Crippen MR) is 101 cm³/mol. The van der Waals surface area contributed by atoms with Crippen molar-refractivity contribution in [2.75, 3.05) is 32.8 Å². The molecule has 1 aliphatic rings. The third kappa shape index (κ3) is 4.32. The van der Waals surface area contributed by atoms with Crippen molar-refractivity contribution in [3.05, 3.63) is 51.9 Å². The van der Waals surface area contributed by atoms with Gasteiger partial charge in [-0.2, -0.15) is 0 Å². The van der Waals surface area contributed by atoms with Gasteiger partial charge in [0.1, 0.15) is 11.3 Å². The minimum atomic E-state index is -0.398. The van der Waals surface area contributed by atoms with Crippen LogP contribution >= 0.6 is 0 Å². The Morgan fingerprint density at radius 2 is 1.96 bits per heavy atom. The second kappa shape index (κ2) is 8.19. The largest absolute Gasteiger partial charge is 0.483 e. The molecule has 0 radical (unpaired) electrons. The SMILES string of the molecule is CC(C)=CCc1c(OCC(=O)N2CCNCC2)ccc2ccc(=O)oc12. The van der Waals surface area contributed by atoms with Gasteiger partial charge < -0.3 is 19.4 Å². The maximum absolute atomic E-state index is 12.4. The number of fused-ring (bicyclic) bond motifs is 1. The van der Waals surface area contributed by atoms with Crippen molar-refractivity contribution in [2.24, 2.45) is 0 Å². The number of carbonyl (C=O) groups is 1. The van der Waals surface area contributed by atoms with Crippen LogP contribution in [0.2, 0.25) is 0 Å². The molecule has 1 N–H and O–H groups in total. The Kier molecular flexibility index (Phi) is 5.73. The molecule has 1 amide bonds. The molecule has 0 atom stereocenters. The van der Waals surface area contributed by atoms with Gasteiger partial charge in [-0.25, -0.2) is 4.79 Å². The number of rotatable bonds is 5. The third-order valence-corrected chi connectivity index (χ3v) is 4.38. The van der Waals surface area contributed by atoms with Crippen LogP contribution in [0.25, 0.3) is 11.0 Å². The molecule has 2 heterocycles. The fourth-order valence-corrected chi connectivity index (χ4v) is 2.95. The van der Waals surface area contributed by atoms with Crippen molar-refractivity contribution in [1.82, 2.24) is 10.2 Å². The van der Waals surface area contributed by atoms with Crippen LogP contribution in [-0.2, 0) is 11.2 Å². The van der Waals surface area contributed by atoms with Gasteiger partial charge in [0.15, 0.2) is 6.61 Å². The molecule has 1 aromatic heterocycles. The molecule has 0 bridgehead atoms. The summed E-state index contributed by atoms with van der Waals surface area (Å²) in [6.07, 6.45) is 2.62. The lowest BCUT2D eigenvalue weighted by molar-refractivity contribution is -0.133. The maximum atomic E-state index is 12.4. The van der Waals surface area contributed by atoms with Gasteiger partial charge in [-0.3, -0.25) is 4.79 Å². The highest BCUT2D eigenvalue weighted by Crippen LogP contribution is 2.28. The zero-order valence-corrected chi connectivity index (χ0v) is 15.2. The lowest BCUT2D eigenvalue weighted by Gasteiger charge is -2.27. The Hall–Kier alpha value is -2.60. The average molecular weight is 356 g/mol. The second-order valence-corrected chi connectivity index (χ2v) is 6.62. The molecule has 0 aliphatic carbocycles. The van der Waals surface area contributed by atoms with Crippen LogP contribution in [0.4, 0.5) is 0 Å². The zero-order valence-electron chi connectivity index (χ0n) is 15.2. The summed E-state index contributed by atoms with van der Waals surface area (Å²) in [4.78, 5) is 25.8. The van der Waals surface area contributed by atoms with Gasteiger partial charge in [0.25, 0.3) is 5.91 Å². The van der Waals surface area contributed by atoms with Crippen molar-refractivity contribution >= 4 is 16.9 Å². The molecule has 1 fully saturated rings. The van der Waals surface area contributed by atoms with E-state index in [1.165, 1.54) is 6.07 Å². The van der Waals surface area contributed by atoms with Gasteiger partial charge in [-0.1, -0.05) is 11.6 Å². The van der Waals surface area contributed by atoms with Gasteiger partial charge in [-0.15, -0.1) is 0 Å². The van der Waals surface area contributed by atoms with E-state index in [1.807, 2.05) is 32.1 Å². The van der Waals surface area contributed by atoms with Crippen molar-refractivity contribution in [3.63, 3.8) is 0 Å². The first-order chi connectivity index (χ1) is 12.5. The first-order valence-corrected chi connectivity index (χ1v) is 8.85. The standard InChI is InChI=1S/C20H24N2O4/c1-14(2)3-6-16-17(7-4-15-5-8-19(24)26-20(15)16)25-13-18(23)22-11-9-21-10-12-22/h3-5,7-8,21H,6,9-13H2,1-2H3. The molecular weight excluding hydrogens is 332 g/mol. The molecule has 6 nitrogen and oxygen atoms in total. The number of piperazine rings is 1. The quantitative estimate of drug-likeness (QED) is 0.656. The van der Waals surface area contributed by atoms with Crippen LogP contribution in [0.3, 0.4) is 0 Å². The smallest absolute Gasteiger partial charge is 0.336 e. The first-order valence-electron chi connectivity index (χ1n) is 8.85. The van der Waals surface area contributed by atoms with E-state index in [4.69, 9.17) is 9.15 Å². The fourth-order valence-electron chi connectivity index (χ4n) is 2.95. The highest BCUT2D eigenvalue weighted by molar-refractivity contribution is 5.83. The van der Waals surface area contributed by atoms with E-state index >= 15 is 0 Å². The Morgan fingerprint density at radius 1 is 1.23 bits per heavy atom. The number of allylic oxidation sites excluding steroid dienone is 2. The molecule has 2 aromatic rings. The predicted octanol–water partition coefficient (Wildman–Crippen LogP) is 2.11. The van der Waals surface area contributed by atoms with E-state index < -0.39 is 5.63 Å². The minimum absolute atomic E-state index is 0.0234.